The standard InChI is InChI=1S/C32H42N2O/c1-24(2)33-18-20-34(21-19-33)30-16-14-28(15-17-30)32(29-13-12-25(3)26(4)23-29)31(11-8-22-35)27-9-6-5-7-10-27/h5-7,9-10,12-17,23-26,35H,8,11,18-22H2,1-4H3/b32-31+/t25?,26-/m0/s1. The van der Waals surface area contributed by atoms with E-state index in [0.29, 0.717) is 17.9 Å². The maximum Gasteiger partial charge on any atom is 0.0434 e. The minimum absolute atomic E-state index is 0.202. The van der Waals surface area contributed by atoms with Crippen LogP contribution in [0.4, 0.5) is 5.69 Å². The molecule has 2 aliphatic rings. The SMILES string of the molecule is CC1C=CC(/C(=C(\CCCO)c2ccccc2)c2ccc(N3CCN(C(C)C)CC3)cc2)=C[C@@H]1C. The summed E-state index contributed by atoms with van der Waals surface area (Å²) < 4.78 is 0. The molecule has 1 N–H and O–H groups in total. The van der Waals surface area contributed by atoms with Crippen molar-refractivity contribution in [3.8, 4) is 0 Å². The molecule has 1 saturated heterocycles. The van der Waals surface area contributed by atoms with Crippen LogP contribution in [0.15, 0.2) is 78.4 Å². The van der Waals surface area contributed by atoms with E-state index in [1.54, 1.807) is 0 Å². The topological polar surface area (TPSA) is 26.7 Å². The number of anilines is 1. The third kappa shape index (κ3) is 6.15. The number of piperazine rings is 1. The Morgan fingerprint density at radius 2 is 1.57 bits per heavy atom. The van der Waals surface area contributed by atoms with Crippen molar-refractivity contribution in [1.29, 1.82) is 0 Å². The second-order valence-corrected chi connectivity index (χ2v) is 10.4. The Labute approximate surface area is 212 Å². The van der Waals surface area contributed by atoms with Crippen molar-refractivity contribution in [2.75, 3.05) is 37.7 Å². The average Bonchev–Trinajstić information content (AvgIpc) is 2.89. The van der Waals surface area contributed by atoms with Gasteiger partial charge in [0.05, 0.1) is 0 Å². The number of hydrogen-bond acceptors (Lipinski definition) is 3. The zero-order valence-corrected chi connectivity index (χ0v) is 22.0. The number of hydrogen-bond donors (Lipinski definition) is 1. The highest BCUT2D eigenvalue weighted by molar-refractivity contribution is 6.00. The Morgan fingerprint density at radius 3 is 2.17 bits per heavy atom. The summed E-state index contributed by atoms with van der Waals surface area (Å²) in [5.41, 5.74) is 7.72. The van der Waals surface area contributed by atoms with Gasteiger partial charge in [-0.3, -0.25) is 4.90 Å². The van der Waals surface area contributed by atoms with Crippen LogP contribution in [0.2, 0.25) is 0 Å². The lowest BCUT2D eigenvalue weighted by atomic mass is 9.81. The minimum atomic E-state index is 0.202. The highest BCUT2D eigenvalue weighted by Gasteiger charge is 2.21. The molecule has 1 heterocycles. The molecule has 4 rings (SSSR count). The molecule has 0 spiro atoms. The molecular formula is C32H42N2O. The van der Waals surface area contributed by atoms with Gasteiger partial charge in [0, 0.05) is 44.5 Å². The van der Waals surface area contributed by atoms with Crippen molar-refractivity contribution in [3.63, 3.8) is 0 Å². The highest BCUT2D eigenvalue weighted by atomic mass is 16.2. The van der Waals surface area contributed by atoms with E-state index in [9.17, 15) is 5.11 Å². The second-order valence-electron chi connectivity index (χ2n) is 10.4. The predicted octanol–water partition coefficient (Wildman–Crippen LogP) is 6.67. The van der Waals surface area contributed by atoms with Crippen LogP contribution in [0, 0.1) is 11.8 Å². The van der Waals surface area contributed by atoms with E-state index in [0.717, 1.165) is 39.0 Å². The zero-order chi connectivity index (χ0) is 24.8. The van der Waals surface area contributed by atoms with Gasteiger partial charge in [0.25, 0.3) is 0 Å². The van der Waals surface area contributed by atoms with Crippen LogP contribution in [-0.2, 0) is 0 Å². The van der Waals surface area contributed by atoms with E-state index in [1.807, 2.05) is 0 Å². The normalized spacial score (nSPS) is 21.8. The Bertz CT molecular complexity index is 1040. The van der Waals surface area contributed by atoms with Crippen LogP contribution in [0.1, 0.15) is 51.7 Å². The summed E-state index contributed by atoms with van der Waals surface area (Å²) in [6, 6.07) is 20.5. The smallest absolute Gasteiger partial charge is 0.0434 e. The zero-order valence-electron chi connectivity index (χ0n) is 22.0. The molecule has 0 radical (unpaired) electrons. The molecule has 0 saturated carbocycles. The molecule has 0 aromatic heterocycles. The molecule has 2 atom stereocenters. The monoisotopic (exact) mass is 470 g/mol. The lowest BCUT2D eigenvalue weighted by Crippen LogP contribution is -2.48. The number of aliphatic hydroxyl groups excluding tert-OH is 1. The molecule has 0 bridgehead atoms. The van der Waals surface area contributed by atoms with E-state index in [1.165, 1.54) is 33.5 Å². The molecule has 35 heavy (non-hydrogen) atoms. The highest BCUT2D eigenvalue weighted by Crippen LogP contribution is 2.39. The number of aliphatic hydroxyl groups is 1. The first kappa shape index (κ1) is 25.5. The summed E-state index contributed by atoms with van der Waals surface area (Å²) in [5.74, 6) is 1.04. The molecule has 3 heteroatoms. The van der Waals surface area contributed by atoms with E-state index in [-0.39, 0.29) is 6.61 Å². The molecule has 1 unspecified atom stereocenters. The van der Waals surface area contributed by atoms with E-state index < -0.39 is 0 Å². The third-order valence-electron chi connectivity index (χ3n) is 7.71. The third-order valence-corrected chi connectivity index (χ3v) is 7.71. The molecule has 2 aromatic carbocycles. The van der Waals surface area contributed by atoms with Gasteiger partial charge in [-0.05, 0) is 78.5 Å². The Kier molecular flexibility index (Phi) is 8.64. The van der Waals surface area contributed by atoms with Crippen molar-refractivity contribution in [2.24, 2.45) is 11.8 Å². The summed E-state index contributed by atoms with van der Waals surface area (Å²) in [5, 5.41) is 9.67. The predicted molar refractivity (Wildman–Crippen MR) is 150 cm³/mol. The number of rotatable bonds is 8. The molecule has 1 fully saturated rings. The molecule has 1 aliphatic carbocycles. The van der Waals surface area contributed by atoms with Gasteiger partial charge in [0.2, 0.25) is 0 Å². The second kappa shape index (κ2) is 11.9. The number of allylic oxidation sites excluding steroid dienone is 6. The van der Waals surface area contributed by atoms with Crippen LogP contribution in [0.25, 0.3) is 11.1 Å². The fourth-order valence-corrected chi connectivity index (χ4v) is 5.25. The average molecular weight is 471 g/mol. The van der Waals surface area contributed by atoms with Crippen molar-refractivity contribution in [1.82, 2.24) is 4.90 Å². The van der Waals surface area contributed by atoms with Gasteiger partial charge in [0.1, 0.15) is 0 Å². The Balaban J connectivity index is 1.72. The number of benzene rings is 2. The van der Waals surface area contributed by atoms with Gasteiger partial charge in [-0.25, -0.2) is 0 Å². The maximum atomic E-state index is 9.67. The van der Waals surface area contributed by atoms with E-state index >= 15 is 0 Å². The van der Waals surface area contributed by atoms with E-state index in [2.05, 4.69) is 110 Å². The maximum absolute atomic E-state index is 9.67. The molecule has 1 aliphatic heterocycles. The summed E-state index contributed by atoms with van der Waals surface area (Å²) >= 11 is 0. The van der Waals surface area contributed by atoms with Crippen molar-refractivity contribution < 1.29 is 5.11 Å². The van der Waals surface area contributed by atoms with Crippen LogP contribution in [0.3, 0.4) is 0 Å². The van der Waals surface area contributed by atoms with Crippen molar-refractivity contribution >= 4 is 16.8 Å². The Hall–Kier alpha value is -2.62. The van der Waals surface area contributed by atoms with Gasteiger partial charge < -0.3 is 10.0 Å². The first-order chi connectivity index (χ1) is 17.0. The largest absolute Gasteiger partial charge is 0.396 e. The van der Waals surface area contributed by atoms with Crippen LogP contribution >= 0.6 is 0 Å². The van der Waals surface area contributed by atoms with Crippen molar-refractivity contribution in [3.05, 3.63) is 89.5 Å². The van der Waals surface area contributed by atoms with Gasteiger partial charge in [-0.2, -0.15) is 0 Å². The Morgan fingerprint density at radius 1 is 0.886 bits per heavy atom. The molecule has 0 amide bonds. The summed E-state index contributed by atoms with van der Waals surface area (Å²) in [7, 11) is 0. The fraction of sp³-hybridized carbons (Fsp3) is 0.438. The first-order valence-electron chi connectivity index (χ1n) is 13.4. The summed E-state index contributed by atoms with van der Waals surface area (Å²) in [6.07, 6.45) is 8.69. The molecule has 186 valence electrons. The van der Waals surface area contributed by atoms with Crippen LogP contribution in [-0.4, -0.2) is 48.8 Å². The number of nitrogens with zero attached hydrogens (tertiary/aromatic N) is 2. The van der Waals surface area contributed by atoms with Gasteiger partial charge in [-0.15, -0.1) is 0 Å². The quantitative estimate of drug-likeness (QED) is 0.437. The van der Waals surface area contributed by atoms with E-state index in [4.69, 9.17) is 0 Å². The minimum Gasteiger partial charge on any atom is -0.396 e. The fourth-order valence-electron chi connectivity index (χ4n) is 5.25. The lowest BCUT2D eigenvalue weighted by molar-refractivity contribution is 0.209. The molecular weight excluding hydrogens is 428 g/mol. The first-order valence-corrected chi connectivity index (χ1v) is 13.4. The summed E-state index contributed by atoms with van der Waals surface area (Å²) in [4.78, 5) is 5.07. The summed E-state index contributed by atoms with van der Waals surface area (Å²) in [6.45, 7) is 13.8. The van der Waals surface area contributed by atoms with Gasteiger partial charge in [-0.1, -0.05) is 74.5 Å². The molecule has 2 aromatic rings. The molecule has 3 nitrogen and oxygen atoms in total. The van der Waals surface area contributed by atoms with Gasteiger partial charge in [0.15, 0.2) is 0 Å². The van der Waals surface area contributed by atoms with Crippen LogP contribution < -0.4 is 4.90 Å². The van der Waals surface area contributed by atoms with Crippen LogP contribution in [0.5, 0.6) is 0 Å². The lowest BCUT2D eigenvalue weighted by Gasteiger charge is -2.38. The van der Waals surface area contributed by atoms with Gasteiger partial charge >= 0.3 is 0 Å². The van der Waals surface area contributed by atoms with Crippen molar-refractivity contribution in [2.45, 2.75) is 46.6 Å².